The van der Waals surface area contributed by atoms with Crippen LogP contribution in [0.4, 0.5) is 0 Å². The van der Waals surface area contributed by atoms with Gasteiger partial charge in [0.15, 0.2) is 0 Å². The van der Waals surface area contributed by atoms with Crippen molar-refractivity contribution in [2.45, 2.75) is 155 Å². The number of hydrogen-bond acceptors (Lipinski definition) is 4. The van der Waals surface area contributed by atoms with Gasteiger partial charge in [-0.3, -0.25) is 0 Å². The molecule has 180 valence electrons. The molecule has 0 radical (unpaired) electrons. The molecule has 4 nitrogen and oxygen atoms in total. The van der Waals surface area contributed by atoms with Gasteiger partial charge in [-0.1, -0.05) is 129 Å². The summed E-state index contributed by atoms with van der Waals surface area (Å²) in [5.74, 6) is -1.82. The molecule has 0 rings (SSSR count). The summed E-state index contributed by atoms with van der Waals surface area (Å²) in [6.45, 7) is 4.46. The van der Waals surface area contributed by atoms with Crippen LogP contribution in [0.1, 0.15) is 155 Å². The minimum Gasteiger partial charge on any atom is -0.550 e. The Balaban J connectivity index is -0.000000232. The molecule has 0 spiro atoms. The van der Waals surface area contributed by atoms with Gasteiger partial charge in [0.2, 0.25) is 0 Å². The van der Waals surface area contributed by atoms with Crippen LogP contribution in [0.25, 0.3) is 0 Å². The summed E-state index contributed by atoms with van der Waals surface area (Å²) in [6, 6.07) is 0. The van der Waals surface area contributed by atoms with Crippen molar-refractivity contribution in [3.8, 4) is 0 Å². The van der Waals surface area contributed by atoms with Crippen LogP contribution in [0, 0.1) is 0 Å². The van der Waals surface area contributed by atoms with Crippen LogP contribution >= 0.6 is 0 Å². The van der Waals surface area contributed by atoms with Crippen LogP contribution in [-0.2, 0) is 9.59 Å². The fraction of sp³-hybridized carbons (Fsp3) is 0.923. The van der Waals surface area contributed by atoms with Crippen molar-refractivity contribution in [1.29, 1.82) is 0 Å². The van der Waals surface area contributed by atoms with Gasteiger partial charge in [-0.2, -0.15) is 0 Å². The molecule has 0 aromatic carbocycles. The molecule has 32 heavy (non-hydrogen) atoms. The minimum absolute atomic E-state index is 0. The van der Waals surface area contributed by atoms with Gasteiger partial charge in [0.25, 0.3) is 0 Å². The Bertz CT molecular complexity index is 366. The first-order valence-corrected chi connectivity index (χ1v) is 12.9. The van der Waals surface area contributed by atoms with Crippen molar-refractivity contribution in [3.63, 3.8) is 0 Å². The van der Waals surface area contributed by atoms with Gasteiger partial charge in [0.05, 0.1) is 0 Å². The van der Waals surface area contributed by atoms with E-state index in [2.05, 4.69) is 13.8 Å². The standard InChI is InChI=1S/C14H28O2.C12H24O2.2K/c1-2-3-4-5-6-7-8-9-10-11-12-13-14(15)16;1-2-3-4-5-6-7-8-9-10-11-12(13)14;;/h2-13H2,1H3,(H,15,16);2-11H2,1H3,(H,13,14);;/q;;2*+1/p-2. The summed E-state index contributed by atoms with van der Waals surface area (Å²) in [5, 5.41) is 20.2. The molecule has 0 atom stereocenters. The second-order valence-corrected chi connectivity index (χ2v) is 8.61. The summed E-state index contributed by atoms with van der Waals surface area (Å²) < 4.78 is 0. The molecule has 0 fully saturated rings. The Labute approximate surface area is 285 Å². The zero-order valence-corrected chi connectivity index (χ0v) is 28.4. The molecule has 6 heteroatoms. The number of aliphatic carboxylic acids is 2. The second kappa shape index (κ2) is 37.8. The predicted molar refractivity (Wildman–Crippen MR) is 123 cm³/mol. The Morgan fingerprint density at radius 3 is 0.781 bits per heavy atom. The van der Waals surface area contributed by atoms with Gasteiger partial charge in [-0.05, 0) is 25.7 Å². The molecule has 0 N–H and O–H groups in total. The monoisotopic (exact) mass is 504 g/mol. The van der Waals surface area contributed by atoms with Gasteiger partial charge in [0, 0.05) is 11.9 Å². The topological polar surface area (TPSA) is 80.3 Å². The maximum Gasteiger partial charge on any atom is 1.00 e. The van der Waals surface area contributed by atoms with Crippen molar-refractivity contribution < 1.29 is 123 Å². The average Bonchev–Trinajstić information content (AvgIpc) is 2.71. The molecule has 0 aliphatic rings. The van der Waals surface area contributed by atoms with E-state index in [9.17, 15) is 19.8 Å². The molecule has 0 aliphatic carbocycles. The Morgan fingerprint density at radius 2 is 0.594 bits per heavy atom. The van der Waals surface area contributed by atoms with Crippen molar-refractivity contribution >= 4 is 11.9 Å². The van der Waals surface area contributed by atoms with E-state index in [-0.39, 0.29) is 116 Å². The molecule has 0 saturated carbocycles. The second-order valence-electron chi connectivity index (χ2n) is 8.61. The molecule has 0 aliphatic heterocycles. The molecule has 0 aromatic rings. The van der Waals surface area contributed by atoms with Gasteiger partial charge in [0.1, 0.15) is 0 Å². The van der Waals surface area contributed by atoms with Crippen LogP contribution in [-0.4, -0.2) is 11.9 Å². The van der Waals surface area contributed by atoms with Gasteiger partial charge in [-0.15, -0.1) is 0 Å². The first kappa shape index (κ1) is 41.3. The number of unbranched alkanes of at least 4 members (excludes halogenated alkanes) is 18. The maximum atomic E-state index is 10.1. The van der Waals surface area contributed by atoms with E-state index >= 15 is 0 Å². The molecule has 0 heterocycles. The van der Waals surface area contributed by atoms with Crippen LogP contribution in [0.5, 0.6) is 0 Å². The van der Waals surface area contributed by atoms with Crippen LogP contribution < -0.4 is 113 Å². The van der Waals surface area contributed by atoms with Gasteiger partial charge in [-0.25, -0.2) is 0 Å². The molecular weight excluding hydrogens is 454 g/mol. The number of rotatable bonds is 22. The molecule has 0 unspecified atom stereocenters. The third kappa shape index (κ3) is 45.7. The van der Waals surface area contributed by atoms with E-state index in [1.165, 1.54) is 103 Å². The summed E-state index contributed by atoms with van der Waals surface area (Å²) >= 11 is 0. The number of hydrogen-bond donors (Lipinski definition) is 0. The first-order chi connectivity index (χ1) is 14.5. The van der Waals surface area contributed by atoms with Crippen LogP contribution in [0.3, 0.4) is 0 Å². The summed E-state index contributed by atoms with van der Waals surface area (Å²) in [4.78, 5) is 20.2. The quantitative estimate of drug-likeness (QED) is 0.155. The van der Waals surface area contributed by atoms with Crippen LogP contribution in [0.15, 0.2) is 0 Å². The van der Waals surface area contributed by atoms with Crippen molar-refractivity contribution in [2.75, 3.05) is 0 Å². The Kier molecular flexibility index (Phi) is 48.8. The van der Waals surface area contributed by atoms with E-state index in [4.69, 9.17) is 0 Å². The zero-order chi connectivity index (χ0) is 22.7. The van der Waals surface area contributed by atoms with E-state index in [1.807, 2.05) is 0 Å². The summed E-state index contributed by atoms with van der Waals surface area (Å²) in [6.07, 6.45) is 25.2. The maximum absolute atomic E-state index is 10.1. The minimum atomic E-state index is -0.909. The molecule has 0 amide bonds. The number of carboxylic acid groups (broad SMARTS) is 2. The largest absolute Gasteiger partial charge is 1.00 e. The number of carbonyl (C=O) groups excluding carboxylic acids is 2. The fourth-order valence-corrected chi connectivity index (χ4v) is 3.51. The van der Waals surface area contributed by atoms with E-state index in [0.29, 0.717) is 0 Å². The molecule has 0 aromatic heterocycles. The number of carboxylic acids is 2. The summed E-state index contributed by atoms with van der Waals surface area (Å²) in [7, 11) is 0. The molecular formula is C26H50K2O4. The Morgan fingerprint density at radius 1 is 0.406 bits per heavy atom. The van der Waals surface area contributed by atoms with E-state index in [0.717, 1.165) is 25.7 Å². The number of carbonyl (C=O) groups is 2. The van der Waals surface area contributed by atoms with Gasteiger partial charge >= 0.3 is 103 Å². The van der Waals surface area contributed by atoms with E-state index in [1.54, 1.807) is 0 Å². The third-order valence-electron chi connectivity index (χ3n) is 5.47. The molecule has 0 bridgehead atoms. The predicted octanol–water partition coefficient (Wildman–Crippen LogP) is 0.103. The SMILES string of the molecule is CCCCCCCCCCCC(=O)[O-].CCCCCCCCCCCCCC(=O)[O-].[K+].[K+]. The normalized spacial score (nSPS) is 9.81. The van der Waals surface area contributed by atoms with Crippen molar-refractivity contribution in [2.24, 2.45) is 0 Å². The first-order valence-electron chi connectivity index (χ1n) is 12.9. The summed E-state index contributed by atoms with van der Waals surface area (Å²) in [5.41, 5.74) is 0. The average molecular weight is 505 g/mol. The van der Waals surface area contributed by atoms with Crippen molar-refractivity contribution in [3.05, 3.63) is 0 Å². The van der Waals surface area contributed by atoms with E-state index < -0.39 is 11.9 Å². The molecule has 0 saturated heterocycles. The zero-order valence-electron chi connectivity index (χ0n) is 22.2. The smallest absolute Gasteiger partial charge is 0.550 e. The van der Waals surface area contributed by atoms with Crippen molar-refractivity contribution in [1.82, 2.24) is 0 Å². The fourth-order valence-electron chi connectivity index (χ4n) is 3.51. The van der Waals surface area contributed by atoms with Gasteiger partial charge < -0.3 is 19.8 Å². The third-order valence-corrected chi connectivity index (χ3v) is 5.47. The van der Waals surface area contributed by atoms with Crippen LogP contribution in [0.2, 0.25) is 0 Å². The Hall–Kier alpha value is 2.21.